The molecule has 0 bridgehead atoms. The molecule has 0 aromatic carbocycles. The van der Waals surface area contributed by atoms with Gasteiger partial charge in [0.1, 0.15) is 10.7 Å². The lowest BCUT2D eigenvalue weighted by Gasteiger charge is -2.27. The molecule has 0 spiro atoms. The van der Waals surface area contributed by atoms with Crippen molar-refractivity contribution >= 4 is 28.7 Å². The van der Waals surface area contributed by atoms with Gasteiger partial charge in [-0.2, -0.15) is 0 Å². The Morgan fingerprint density at radius 1 is 1.44 bits per heavy atom. The molecule has 0 saturated heterocycles. The number of imidazole rings is 1. The van der Waals surface area contributed by atoms with Crippen molar-refractivity contribution < 1.29 is 0 Å². The maximum Gasteiger partial charge on any atom is 0.202 e. The van der Waals surface area contributed by atoms with Crippen LogP contribution in [0.2, 0.25) is 5.15 Å². The van der Waals surface area contributed by atoms with Crippen molar-refractivity contribution in [3.05, 3.63) is 16.8 Å². The first-order valence-electron chi connectivity index (χ1n) is 5.47. The third-order valence-corrected chi connectivity index (χ3v) is 3.47. The highest BCUT2D eigenvalue weighted by Gasteiger charge is 2.25. The van der Waals surface area contributed by atoms with E-state index in [1.807, 2.05) is 17.6 Å². The van der Waals surface area contributed by atoms with E-state index in [2.05, 4.69) is 9.97 Å². The minimum atomic E-state index is 0.454. The van der Waals surface area contributed by atoms with E-state index in [1.165, 1.54) is 6.42 Å². The summed E-state index contributed by atoms with van der Waals surface area (Å²) in [6.45, 7) is 1.98. The summed E-state index contributed by atoms with van der Waals surface area (Å²) < 4.78 is 2.03. The molecular weight excluding hydrogens is 224 g/mol. The lowest BCUT2D eigenvalue weighted by Crippen LogP contribution is -2.19. The first-order chi connectivity index (χ1) is 7.66. The van der Waals surface area contributed by atoms with E-state index in [4.69, 9.17) is 17.3 Å². The fourth-order valence-corrected chi connectivity index (χ4v) is 2.44. The molecule has 0 unspecified atom stereocenters. The predicted octanol–water partition coefficient (Wildman–Crippen LogP) is 2.70. The number of pyridine rings is 1. The molecule has 1 aliphatic rings. The largest absolute Gasteiger partial charge is 0.369 e. The van der Waals surface area contributed by atoms with Crippen LogP contribution in [0.3, 0.4) is 0 Å². The van der Waals surface area contributed by atoms with Crippen LogP contribution in [0, 0.1) is 6.92 Å². The minimum absolute atomic E-state index is 0.454. The number of nitrogens with zero attached hydrogens (tertiary/aromatic N) is 3. The average molecular weight is 237 g/mol. The molecule has 0 aliphatic heterocycles. The molecule has 2 aromatic heterocycles. The van der Waals surface area contributed by atoms with Gasteiger partial charge >= 0.3 is 0 Å². The van der Waals surface area contributed by atoms with Crippen LogP contribution in [0.1, 0.15) is 30.9 Å². The van der Waals surface area contributed by atoms with E-state index in [0.717, 1.165) is 29.6 Å². The number of aryl methyl sites for hydroxylation is 1. The number of nitrogen functional groups attached to an aromatic ring is 1. The van der Waals surface area contributed by atoms with E-state index in [1.54, 1.807) is 0 Å². The number of halogens is 1. The molecular formula is C11H13ClN4. The Labute approximate surface area is 98.4 Å². The van der Waals surface area contributed by atoms with Crippen molar-refractivity contribution in [2.45, 2.75) is 32.2 Å². The van der Waals surface area contributed by atoms with Gasteiger partial charge in [-0.05, 0) is 37.8 Å². The van der Waals surface area contributed by atoms with Gasteiger partial charge in [0.25, 0.3) is 0 Å². The van der Waals surface area contributed by atoms with Crippen molar-refractivity contribution in [1.29, 1.82) is 0 Å². The maximum atomic E-state index is 5.98. The second-order valence-corrected chi connectivity index (χ2v) is 4.75. The van der Waals surface area contributed by atoms with E-state index in [0.29, 0.717) is 17.1 Å². The molecule has 2 heterocycles. The highest BCUT2D eigenvalue weighted by atomic mass is 35.5. The average Bonchev–Trinajstić information content (AvgIpc) is 2.43. The standard InChI is InChI=1S/C11H13ClN4/c1-6-5-8(12)14-10-9(6)15-11(13)16(10)7-3-2-4-7/h5,7H,2-4H2,1H3,(H2,13,15). The molecule has 2 aromatic rings. The Kier molecular flexibility index (Phi) is 2.07. The third kappa shape index (κ3) is 1.29. The van der Waals surface area contributed by atoms with Crippen LogP contribution in [0.15, 0.2) is 6.07 Å². The van der Waals surface area contributed by atoms with Crippen LogP contribution in [-0.4, -0.2) is 14.5 Å². The molecule has 4 nitrogen and oxygen atoms in total. The predicted molar refractivity (Wildman–Crippen MR) is 64.6 cm³/mol. The van der Waals surface area contributed by atoms with Crippen LogP contribution < -0.4 is 5.73 Å². The first kappa shape index (κ1) is 9.90. The monoisotopic (exact) mass is 236 g/mol. The van der Waals surface area contributed by atoms with Gasteiger partial charge in [0.15, 0.2) is 5.65 Å². The van der Waals surface area contributed by atoms with Gasteiger partial charge in [0.2, 0.25) is 5.95 Å². The number of aromatic nitrogens is 3. The van der Waals surface area contributed by atoms with Crippen LogP contribution in [0.25, 0.3) is 11.2 Å². The lowest BCUT2D eigenvalue weighted by atomic mass is 9.93. The topological polar surface area (TPSA) is 56.7 Å². The van der Waals surface area contributed by atoms with Gasteiger partial charge in [-0.3, -0.25) is 4.57 Å². The summed E-state index contributed by atoms with van der Waals surface area (Å²) in [6.07, 6.45) is 3.56. The second-order valence-electron chi connectivity index (χ2n) is 4.36. The molecule has 3 rings (SSSR count). The number of hydrogen-bond acceptors (Lipinski definition) is 3. The summed E-state index contributed by atoms with van der Waals surface area (Å²) in [5.74, 6) is 0.553. The summed E-state index contributed by atoms with van der Waals surface area (Å²) in [7, 11) is 0. The zero-order valence-electron chi connectivity index (χ0n) is 9.07. The Morgan fingerprint density at radius 2 is 2.19 bits per heavy atom. The molecule has 0 atom stereocenters. The van der Waals surface area contributed by atoms with Crippen LogP contribution in [0.4, 0.5) is 5.95 Å². The number of anilines is 1. The number of rotatable bonds is 1. The second kappa shape index (κ2) is 3.35. The van der Waals surface area contributed by atoms with E-state index < -0.39 is 0 Å². The fourth-order valence-electron chi connectivity index (χ4n) is 2.20. The molecule has 0 radical (unpaired) electrons. The summed E-state index contributed by atoms with van der Waals surface area (Å²) >= 11 is 5.98. The zero-order chi connectivity index (χ0) is 11.3. The molecule has 1 fully saturated rings. The van der Waals surface area contributed by atoms with Crippen molar-refractivity contribution in [3.8, 4) is 0 Å². The molecule has 1 aliphatic carbocycles. The Morgan fingerprint density at radius 3 is 2.81 bits per heavy atom. The molecule has 16 heavy (non-hydrogen) atoms. The highest BCUT2D eigenvalue weighted by Crippen LogP contribution is 2.36. The number of fused-ring (bicyclic) bond motifs is 1. The fraction of sp³-hybridized carbons (Fsp3) is 0.455. The Hall–Kier alpha value is -1.29. The summed E-state index contributed by atoms with van der Waals surface area (Å²) in [5, 5.41) is 0.505. The molecule has 2 N–H and O–H groups in total. The van der Waals surface area contributed by atoms with Crippen LogP contribution in [-0.2, 0) is 0 Å². The quantitative estimate of drug-likeness (QED) is 0.775. The van der Waals surface area contributed by atoms with Crippen LogP contribution >= 0.6 is 11.6 Å². The molecule has 0 amide bonds. The van der Waals surface area contributed by atoms with E-state index in [9.17, 15) is 0 Å². The summed E-state index contributed by atoms with van der Waals surface area (Å²) in [5.41, 5.74) is 8.67. The third-order valence-electron chi connectivity index (χ3n) is 3.27. The van der Waals surface area contributed by atoms with Crippen molar-refractivity contribution in [2.24, 2.45) is 0 Å². The molecule has 1 saturated carbocycles. The Bertz CT molecular complexity index is 557. The zero-order valence-corrected chi connectivity index (χ0v) is 9.83. The van der Waals surface area contributed by atoms with Gasteiger partial charge in [-0.1, -0.05) is 11.6 Å². The first-order valence-corrected chi connectivity index (χ1v) is 5.85. The van der Waals surface area contributed by atoms with Crippen molar-refractivity contribution in [1.82, 2.24) is 14.5 Å². The van der Waals surface area contributed by atoms with Gasteiger partial charge in [-0.25, -0.2) is 9.97 Å². The number of hydrogen-bond donors (Lipinski definition) is 1. The van der Waals surface area contributed by atoms with Gasteiger partial charge in [0, 0.05) is 6.04 Å². The SMILES string of the molecule is Cc1cc(Cl)nc2c1nc(N)n2C1CCC1. The van der Waals surface area contributed by atoms with Gasteiger partial charge in [-0.15, -0.1) is 0 Å². The van der Waals surface area contributed by atoms with Crippen molar-refractivity contribution in [3.63, 3.8) is 0 Å². The molecule has 5 heteroatoms. The summed E-state index contributed by atoms with van der Waals surface area (Å²) in [6, 6.07) is 2.27. The summed E-state index contributed by atoms with van der Waals surface area (Å²) in [4.78, 5) is 8.72. The van der Waals surface area contributed by atoms with Gasteiger partial charge < -0.3 is 5.73 Å². The normalized spacial score (nSPS) is 16.6. The minimum Gasteiger partial charge on any atom is -0.369 e. The van der Waals surface area contributed by atoms with Crippen molar-refractivity contribution in [2.75, 3.05) is 5.73 Å². The van der Waals surface area contributed by atoms with E-state index in [-0.39, 0.29) is 0 Å². The van der Waals surface area contributed by atoms with Gasteiger partial charge in [0.05, 0.1) is 0 Å². The maximum absolute atomic E-state index is 5.98. The Balaban J connectivity index is 2.29. The van der Waals surface area contributed by atoms with Crippen LogP contribution in [0.5, 0.6) is 0 Å². The smallest absolute Gasteiger partial charge is 0.202 e. The highest BCUT2D eigenvalue weighted by molar-refractivity contribution is 6.29. The number of nitrogens with two attached hydrogens (primary N) is 1. The molecule has 84 valence electrons. The lowest BCUT2D eigenvalue weighted by molar-refractivity contribution is 0.323. The van der Waals surface area contributed by atoms with E-state index >= 15 is 0 Å².